The molecule has 109 heavy (non-hydrogen) atoms. The molecule has 0 bridgehead atoms. The first-order valence-corrected chi connectivity index (χ1v) is 46.6. The number of halogens is 7. The summed E-state index contributed by atoms with van der Waals surface area (Å²) >= 11 is 27.2. The summed E-state index contributed by atoms with van der Waals surface area (Å²) in [4.78, 5) is 61.0. The zero-order chi connectivity index (χ0) is 83.3. The number of carbonyl (C=O) groups excluding carboxylic acids is 4. The van der Waals surface area contributed by atoms with E-state index in [0.29, 0.717) is 6.42 Å². The lowest BCUT2D eigenvalue weighted by molar-refractivity contribution is -0.156. The number of ketones is 2. The Hall–Kier alpha value is -2.59. The zero-order valence-corrected chi connectivity index (χ0v) is 83.0. The lowest BCUT2D eigenvalue weighted by Crippen LogP contribution is -2.50. The van der Waals surface area contributed by atoms with Crippen molar-refractivity contribution in [1.29, 1.82) is 0 Å². The number of hydrogen-bond acceptors (Lipinski definition) is 21. The van der Waals surface area contributed by atoms with Crippen molar-refractivity contribution in [2.24, 2.45) is 4.40 Å². The van der Waals surface area contributed by atoms with Crippen LogP contribution in [0.1, 0.15) is 217 Å². The largest absolute Gasteiger partial charge is 0.598 e. The number of aromatic nitrogens is 3. The molecule has 1 fully saturated rings. The van der Waals surface area contributed by atoms with Crippen LogP contribution in [-0.4, -0.2) is 96.3 Å². The summed E-state index contributed by atoms with van der Waals surface area (Å²) in [6.07, 6.45) is 11.7. The van der Waals surface area contributed by atoms with Gasteiger partial charge in [-0.15, -0.1) is 78.0 Å². The van der Waals surface area contributed by atoms with Gasteiger partial charge >= 0.3 is 13.1 Å². The lowest BCUT2D eigenvalue weighted by atomic mass is 9.80. The molecule has 1 aliphatic heterocycles. The highest BCUT2D eigenvalue weighted by molar-refractivity contribution is 9.11. The van der Waals surface area contributed by atoms with Gasteiger partial charge in [0.25, 0.3) is 0 Å². The second-order valence-corrected chi connectivity index (χ2v) is 45.8. The van der Waals surface area contributed by atoms with E-state index in [4.69, 9.17) is 14.0 Å². The van der Waals surface area contributed by atoms with Gasteiger partial charge in [0, 0.05) is 145 Å². The van der Waals surface area contributed by atoms with Crippen LogP contribution >= 0.6 is 168 Å². The number of ether oxygens (including phenoxy) is 1. The van der Waals surface area contributed by atoms with Crippen molar-refractivity contribution in [2.75, 3.05) is 0 Å². The topological polar surface area (TPSA) is 240 Å². The van der Waals surface area contributed by atoms with E-state index in [9.17, 15) is 32.8 Å². The maximum atomic E-state index is 12.6. The number of nitrogens with one attached hydrogen (secondary N) is 2. The van der Waals surface area contributed by atoms with Gasteiger partial charge in [0.2, 0.25) is 0 Å². The van der Waals surface area contributed by atoms with Gasteiger partial charge in [-0.05, 0) is 325 Å². The standard InChI is InChI=1S/C16H26BrNO3S2.C14H18BNO2.C12H18BrNO2S2.C10H14BrNOS2.C8H6BrN.C6H5BrOS.C6H6OS.C5H3Br2N/c1-14(2,3)21-13(19)9-16(7,12-8-11(17)10-22-12)18-23(20)15(4,5)6;1-6-7-11-8-12(10-16-9-11)15-17-13(2,3)14(4,5)18-15;1-11(2,3)18(16)14-12(4,5-6-15)10-7-9(13)8-17-10;1-7(9-5-8(11)6-14-9)12-15(13)10(2,3)4;1-2-3-7-4-8(9)6-10-5-7;1-4(8)6-2-5(7)3-9-6;1-5(7)6-3-2-4-8-6;6-4-1-5(7)3-8-2-4/h8,10,18H,9H2,1-7H3;8-10H,1-5H3;6-8,14H,5H2,1-4H3;5-6H,1-4H3;4-6H,1H3;2-3H,1H3;2-4H,1H3;1-3H/t16-,23?;;12-,18?;;;;;/m0.0...../s1. The number of esters is 1. The molecule has 9 rings (SSSR count). The third-order valence-electron chi connectivity index (χ3n) is 14.0. The summed E-state index contributed by atoms with van der Waals surface area (Å²) in [5, 5.41) is 9.70. The SMILES string of the molecule is Brc1cncc(Br)c1.CC#Cc1cncc(B2OC(C)(C)C(C)(C)O2)c1.CC#Cc1cncc(Br)c1.CC(=N[S+]([O-])C(C)(C)C)c1cc(Br)cs1.CC(=O)c1cc(Br)cs1.CC(=O)c1cccs1.CC(C)(C)OC(=O)C[C@](C)(N[S+]([O-])C(C)(C)C)c1cc(Br)cs1.CC(C)(C)[S+]([O-])N[C@@](C)(CC=O)c1cc(Br)cs1. The minimum absolute atomic E-state index is 0.110. The first-order chi connectivity index (χ1) is 50.2. The van der Waals surface area contributed by atoms with Gasteiger partial charge in [0.15, 0.2) is 11.6 Å². The van der Waals surface area contributed by atoms with E-state index in [1.165, 1.54) is 34.0 Å². The molecule has 1 aliphatic rings. The van der Waals surface area contributed by atoms with Crippen LogP contribution in [0.25, 0.3) is 0 Å². The first-order valence-electron chi connectivity index (χ1n) is 33.3. The molecule has 8 aromatic heterocycles. The monoisotopic (exact) mass is 2080 g/mol. The number of hydrogen-bond donors (Lipinski definition) is 2. The van der Waals surface area contributed by atoms with Crippen LogP contribution in [0.3, 0.4) is 0 Å². The smallest absolute Gasteiger partial charge is 0.496 e. The van der Waals surface area contributed by atoms with E-state index in [-0.39, 0.29) is 51.8 Å². The van der Waals surface area contributed by atoms with Gasteiger partial charge in [-0.3, -0.25) is 29.3 Å². The predicted octanol–water partition coefficient (Wildman–Crippen LogP) is 22.9. The van der Waals surface area contributed by atoms with Crippen molar-refractivity contribution >= 4 is 244 Å². The molecule has 5 atom stereocenters. The van der Waals surface area contributed by atoms with E-state index in [1.54, 1.807) is 80.6 Å². The average Bonchev–Trinajstić information content (AvgIpc) is 1.61. The van der Waals surface area contributed by atoms with Gasteiger partial charge in [-0.25, -0.2) is 0 Å². The van der Waals surface area contributed by atoms with Crippen molar-refractivity contribution in [3.05, 3.63) is 186 Å². The molecule has 8 aromatic rings. The van der Waals surface area contributed by atoms with E-state index < -0.39 is 55.5 Å². The molecule has 0 aliphatic carbocycles. The second-order valence-electron chi connectivity index (χ2n) is 29.0. The van der Waals surface area contributed by atoms with Crippen LogP contribution < -0.4 is 14.9 Å². The molecular formula is C77H96BBr7N6O10S8. The van der Waals surface area contributed by atoms with Crippen molar-refractivity contribution < 1.29 is 46.9 Å². The molecule has 0 radical (unpaired) electrons. The van der Waals surface area contributed by atoms with Crippen molar-refractivity contribution in [3.8, 4) is 23.7 Å². The van der Waals surface area contributed by atoms with Crippen LogP contribution in [0.5, 0.6) is 0 Å². The fraction of sp³-hybridized carbons (Fsp3) is 0.429. The summed E-state index contributed by atoms with van der Waals surface area (Å²) in [5.41, 5.74) is 1.02. The molecule has 0 aromatic carbocycles. The third-order valence-corrected chi connectivity index (χ3v) is 28.8. The van der Waals surface area contributed by atoms with Gasteiger partial charge in [0.05, 0.1) is 32.3 Å². The Morgan fingerprint density at radius 1 is 0.550 bits per heavy atom. The van der Waals surface area contributed by atoms with E-state index in [2.05, 4.69) is 164 Å². The van der Waals surface area contributed by atoms with Gasteiger partial charge in [-0.1, -0.05) is 22.3 Å². The number of rotatable bonds is 15. The maximum Gasteiger partial charge on any atom is 0.496 e. The second kappa shape index (κ2) is 47.6. The number of thiophene rings is 5. The zero-order valence-electron chi connectivity index (χ0n) is 65.4. The lowest BCUT2D eigenvalue weighted by Gasteiger charge is -2.34. The summed E-state index contributed by atoms with van der Waals surface area (Å²) < 4.78 is 70.2. The number of carbonyl (C=O) groups is 4. The number of aldehydes is 1. The van der Waals surface area contributed by atoms with Crippen LogP contribution in [0.2, 0.25) is 0 Å². The Morgan fingerprint density at radius 2 is 0.963 bits per heavy atom. The van der Waals surface area contributed by atoms with Crippen molar-refractivity contribution in [3.63, 3.8) is 0 Å². The van der Waals surface area contributed by atoms with Crippen LogP contribution in [0, 0.1) is 23.7 Å². The molecule has 32 heteroatoms. The molecule has 0 spiro atoms. The number of nitrogens with zero attached hydrogens (tertiary/aromatic N) is 4. The average molecular weight is 2090 g/mol. The highest BCUT2D eigenvalue weighted by Gasteiger charge is 2.52. The van der Waals surface area contributed by atoms with Crippen molar-refractivity contribution in [2.45, 2.75) is 214 Å². The van der Waals surface area contributed by atoms with Crippen molar-refractivity contribution in [1.82, 2.24) is 24.4 Å². The minimum Gasteiger partial charge on any atom is -0.598 e. The molecule has 9 heterocycles. The first kappa shape index (κ1) is 102. The Morgan fingerprint density at radius 3 is 1.30 bits per heavy atom. The fourth-order valence-corrected chi connectivity index (χ4v) is 18.1. The van der Waals surface area contributed by atoms with Crippen LogP contribution in [0.4, 0.5) is 0 Å². The summed E-state index contributed by atoms with van der Waals surface area (Å²) in [6.45, 7) is 43.3. The molecule has 16 nitrogen and oxygen atoms in total. The maximum absolute atomic E-state index is 12.6. The molecular weight excluding hydrogens is 2000 g/mol. The molecule has 1 saturated heterocycles. The summed E-state index contributed by atoms with van der Waals surface area (Å²) in [7, 11) is -0.374. The van der Waals surface area contributed by atoms with Crippen LogP contribution in [-0.2, 0) is 68.8 Å². The summed E-state index contributed by atoms with van der Waals surface area (Å²) in [5.74, 6) is 11.5. The van der Waals surface area contributed by atoms with Gasteiger partial charge in [0.1, 0.15) is 54.3 Å². The van der Waals surface area contributed by atoms with Gasteiger partial charge in [-0.2, -0.15) is 0 Å². The normalized spacial score (nSPS) is 14.8. The quantitative estimate of drug-likeness (QED) is 0.0184. The molecule has 594 valence electrons. The minimum atomic E-state index is -1.30. The predicted molar refractivity (Wildman–Crippen MR) is 487 cm³/mol. The Bertz CT molecular complexity index is 4300. The number of pyridine rings is 3. The highest BCUT2D eigenvalue weighted by Crippen LogP contribution is 2.39. The Labute approximate surface area is 735 Å². The van der Waals surface area contributed by atoms with E-state index in [1.807, 2.05) is 220 Å². The molecule has 2 N–H and O–H groups in total. The molecule has 0 amide bonds. The number of Topliss-reactive ketones (excluding diaryl/α,β-unsaturated/α-hetero) is 2. The highest BCUT2D eigenvalue weighted by atomic mass is 79.9. The fourth-order valence-electron chi connectivity index (χ4n) is 7.69. The third kappa shape index (κ3) is 39.3. The summed E-state index contributed by atoms with van der Waals surface area (Å²) in [6, 6.07) is 17.3. The van der Waals surface area contributed by atoms with Crippen LogP contribution in [0.15, 0.2) is 154 Å². The molecule has 0 saturated carbocycles. The van der Waals surface area contributed by atoms with Gasteiger partial charge < -0.3 is 32.5 Å². The van der Waals surface area contributed by atoms with E-state index in [0.717, 1.165) is 84.3 Å². The van der Waals surface area contributed by atoms with E-state index >= 15 is 0 Å². The Kier molecular flexibility index (Phi) is 44.7. The molecule has 3 unspecified atom stereocenters. The Balaban J connectivity index is 0.000000434.